The number of carbonyl (C=O) groups is 1. The number of halogens is 1. The molecule has 1 fully saturated rings. The van der Waals surface area contributed by atoms with E-state index in [0.717, 1.165) is 0 Å². The highest BCUT2D eigenvalue weighted by molar-refractivity contribution is 6.30. The van der Waals surface area contributed by atoms with Gasteiger partial charge >= 0.3 is 0 Å². The van der Waals surface area contributed by atoms with Crippen LogP contribution in [0.5, 0.6) is 0 Å². The van der Waals surface area contributed by atoms with Crippen LogP contribution in [-0.2, 0) is 10.4 Å². The molecule has 2 atom stereocenters. The molecule has 21 heavy (non-hydrogen) atoms. The Morgan fingerprint density at radius 3 is 2.33 bits per heavy atom. The van der Waals surface area contributed by atoms with Crippen molar-refractivity contribution in [1.29, 1.82) is 0 Å². The van der Waals surface area contributed by atoms with Gasteiger partial charge in [-0.3, -0.25) is 9.69 Å². The van der Waals surface area contributed by atoms with E-state index < -0.39 is 11.6 Å². The molecule has 0 bridgehead atoms. The van der Waals surface area contributed by atoms with Crippen molar-refractivity contribution in [3.8, 4) is 0 Å². The average molecular weight is 300 g/mol. The van der Waals surface area contributed by atoms with Crippen molar-refractivity contribution in [3.63, 3.8) is 0 Å². The van der Waals surface area contributed by atoms with E-state index in [1.54, 1.807) is 54.6 Å². The number of β-lactam (4-membered cyclic amide) rings is 1. The smallest absolute Gasteiger partial charge is 0.266 e. The fraction of sp³-hybridized carbons (Fsp3) is 0.118. The summed E-state index contributed by atoms with van der Waals surface area (Å²) in [6, 6.07) is 15.3. The number of benzene rings is 2. The monoisotopic (exact) mass is 299 g/mol. The third kappa shape index (κ3) is 1.97. The molecule has 1 aliphatic heterocycles. The molecule has 2 aromatic carbocycles. The average Bonchev–Trinajstić information content (AvgIpc) is 2.53. The molecule has 1 aliphatic rings. The Morgan fingerprint density at radius 1 is 1.14 bits per heavy atom. The lowest BCUT2D eigenvalue weighted by atomic mass is 9.76. The van der Waals surface area contributed by atoms with Crippen LogP contribution in [-0.4, -0.2) is 17.1 Å². The maximum Gasteiger partial charge on any atom is 0.266 e. The first-order valence-corrected chi connectivity index (χ1v) is 6.96. The van der Waals surface area contributed by atoms with Gasteiger partial charge in [-0.15, -0.1) is 6.58 Å². The summed E-state index contributed by atoms with van der Waals surface area (Å²) < 4.78 is 0. The van der Waals surface area contributed by atoms with Gasteiger partial charge in [-0.25, -0.2) is 0 Å². The predicted octanol–water partition coefficient (Wildman–Crippen LogP) is 3.13. The number of rotatable bonds is 3. The van der Waals surface area contributed by atoms with Crippen LogP contribution >= 0.6 is 11.6 Å². The molecule has 0 aliphatic carbocycles. The molecule has 106 valence electrons. The number of aliphatic hydroxyl groups is 1. The summed E-state index contributed by atoms with van der Waals surface area (Å²) in [5, 5.41) is 11.4. The Hall–Kier alpha value is -2.10. The van der Waals surface area contributed by atoms with E-state index in [4.69, 9.17) is 11.6 Å². The Bertz CT molecular complexity index is 684. The van der Waals surface area contributed by atoms with E-state index in [0.29, 0.717) is 16.3 Å². The summed E-state index contributed by atoms with van der Waals surface area (Å²) in [6.07, 6.45) is 1.59. The van der Waals surface area contributed by atoms with Gasteiger partial charge in [0.15, 0.2) is 5.60 Å². The number of hydrogen-bond acceptors (Lipinski definition) is 2. The van der Waals surface area contributed by atoms with Gasteiger partial charge in [-0.1, -0.05) is 48.0 Å². The summed E-state index contributed by atoms with van der Waals surface area (Å²) in [5.41, 5.74) is -0.289. The third-order valence-electron chi connectivity index (χ3n) is 3.79. The van der Waals surface area contributed by atoms with E-state index in [2.05, 4.69) is 6.58 Å². The maximum atomic E-state index is 12.5. The minimum Gasteiger partial charge on any atom is -0.373 e. The molecule has 1 heterocycles. The van der Waals surface area contributed by atoms with Gasteiger partial charge in [0.1, 0.15) is 0 Å². The van der Waals surface area contributed by atoms with Gasteiger partial charge in [0.05, 0.1) is 6.04 Å². The lowest BCUT2D eigenvalue weighted by molar-refractivity contribution is -0.152. The maximum absolute atomic E-state index is 12.5. The predicted molar refractivity (Wildman–Crippen MR) is 83.3 cm³/mol. The highest BCUT2D eigenvalue weighted by atomic mass is 35.5. The van der Waals surface area contributed by atoms with Crippen molar-refractivity contribution in [3.05, 3.63) is 77.8 Å². The van der Waals surface area contributed by atoms with Crippen molar-refractivity contribution in [1.82, 2.24) is 0 Å². The van der Waals surface area contributed by atoms with E-state index in [1.165, 1.54) is 4.90 Å². The zero-order valence-electron chi connectivity index (χ0n) is 11.2. The lowest BCUT2D eigenvalue weighted by Gasteiger charge is -2.51. The summed E-state index contributed by atoms with van der Waals surface area (Å²) >= 11 is 5.86. The molecular formula is C17H14ClNO2. The zero-order valence-corrected chi connectivity index (χ0v) is 12.0. The van der Waals surface area contributed by atoms with Crippen LogP contribution in [0.15, 0.2) is 67.3 Å². The summed E-state index contributed by atoms with van der Waals surface area (Å²) in [5.74, 6) is -0.360. The fourth-order valence-corrected chi connectivity index (χ4v) is 2.83. The first-order valence-electron chi connectivity index (χ1n) is 6.58. The van der Waals surface area contributed by atoms with Crippen LogP contribution in [0.4, 0.5) is 5.69 Å². The second kappa shape index (κ2) is 5.02. The highest BCUT2D eigenvalue weighted by Gasteiger charge is 2.60. The molecule has 0 radical (unpaired) electrons. The van der Waals surface area contributed by atoms with Gasteiger partial charge in [0.2, 0.25) is 0 Å². The second-order valence-corrected chi connectivity index (χ2v) is 5.40. The van der Waals surface area contributed by atoms with Crippen molar-refractivity contribution >= 4 is 23.2 Å². The summed E-state index contributed by atoms with van der Waals surface area (Å²) in [6.45, 7) is 3.75. The first-order chi connectivity index (χ1) is 10.1. The van der Waals surface area contributed by atoms with E-state index in [-0.39, 0.29) is 5.91 Å². The lowest BCUT2D eigenvalue weighted by Crippen LogP contribution is -2.71. The first kappa shape index (κ1) is 13.9. The van der Waals surface area contributed by atoms with E-state index in [1.807, 2.05) is 6.07 Å². The topological polar surface area (TPSA) is 40.5 Å². The number of amides is 1. The number of hydrogen-bond donors (Lipinski definition) is 1. The molecule has 2 unspecified atom stereocenters. The van der Waals surface area contributed by atoms with Crippen LogP contribution in [0, 0.1) is 0 Å². The summed E-state index contributed by atoms with van der Waals surface area (Å²) in [4.78, 5) is 14.1. The van der Waals surface area contributed by atoms with Crippen LogP contribution in [0.25, 0.3) is 0 Å². The van der Waals surface area contributed by atoms with Gasteiger partial charge in [0, 0.05) is 10.7 Å². The van der Waals surface area contributed by atoms with Crippen molar-refractivity contribution in [2.75, 3.05) is 4.90 Å². The molecule has 2 aromatic rings. The number of nitrogens with zero attached hydrogens (tertiary/aromatic N) is 1. The van der Waals surface area contributed by atoms with Crippen molar-refractivity contribution in [2.45, 2.75) is 11.6 Å². The van der Waals surface area contributed by atoms with Crippen LogP contribution in [0.2, 0.25) is 5.02 Å². The molecule has 0 saturated carbocycles. The largest absolute Gasteiger partial charge is 0.373 e. The van der Waals surface area contributed by atoms with E-state index >= 15 is 0 Å². The Labute approximate surface area is 128 Å². The normalized spacial score (nSPS) is 24.6. The molecule has 3 nitrogen and oxygen atoms in total. The number of carbonyl (C=O) groups excluding carboxylic acids is 1. The minimum atomic E-state index is -1.55. The third-order valence-corrected chi connectivity index (χ3v) is 4.04. The van der Waals surface area contributed by atoms with Crippen LogP contribution < -0.4 is 4.90 Å². The fourth-order valence-electron chi connectivity index (χ4n) is 2.70. The van der Waals surface area contributed by atoms with Gasteiger partial charge in [-0.2, -0.15) is 0 Å². The standard InChI is InChI=1S/C17H14ClNO2/c1-2-15-17(21,12-6-4-3-5-7-12)16(20)19(15)14-10-8-13(18)9-11-14/h2-11,15,21H,1H2. The Kier molecular flexibility index (Phi) is 3.32. The SMILES string of the molecule is C=CC1N(c2ccc(Cl)cc2)C(=O)C1(O)c1ccccc1. The minimum absolute atomic E-state index is 0.360. The Morgan fingerprint density at radius 2 is 1.76 bits per heavy atom. The highest BCUT2D eigenvalue weighted by Crippen LogP contribution is 2.43. The molecular weight excluding hydrogens is 286 g/mol. The molecule has 4 heteroatoms. The van der Waals surface area contributed by atoms with Crippen molar-refractivity contribution < 1.29 is 9.90 Å². The molecule has 0 spiro atoms. The second-order valence-electron chi connectivity index (χ2n) is 4.96. The molecule has 0 aromatic heterocycles. The molecule has 3 rings (SSSR count). The molecule has 1 N–H and O–H groups in total. The van der Waals surface area contributed by atoms with Gasteiger partial charge < -0.3 is 5.11 Å². The van der Waals surface area contributed by atoms with Gasteiger partial charge in [0.25, 0.3) is 5.91 Å². The summed E-state index contributed by atoms with van der Waals surface area (Å²) in [7, 11) is 0. The number of anilines is 1. The van der Waals surface area contributed by atoms with Crippen LogP contribution in [0.3, 0.4) is 0 Å². The zero-order chi connectivity index (χ0) is 15.0. The van der Waals surface area contributed by atoms with Crippen molar-refractivity contribution in [2.24, 2.45) is 0 Å². The Balaban J connectivity index is 1.99. The van der Waals surface area contributed by atoms with E-state index in [9.17, 15) is 9.90 Å². The molecule has 1 saturated heterocycles. The molecule has 1 amide bonds. The van der Waals surface area contributed by atoms with Gasteiger partial charge in [-0.05, 0) is 29.8 Å². The quantitative estimate of drug-likeness (QED) is 0.699. The van der Waals surface area contributed by atoms with Crippen LogP contribution in [0.1, 0.15) is 5.56 Å².